The molecule has 2 amide bonds. The lowest BCUT2D eigenvalue weighted by atomic mass is 10.1. The molecule has 2 aromatic rings. The highest BCUT2D eigenvalue weighted by Gasteiger charge is 2.37. The smallest absolute Gasteiger partial charge is 0.239 e. The zero-order chi connectivity index (χ0) is 17.6. The van der Waals surface area contributed by atoms with Crippen molar-refractivity contribution in [3.05, 3.63) is 35.3 Å². The minimum atomic E-state index is -0.571. The highest BCUT2D eigenvalue weighted by molar-refractivity contribution is 8.01. The third-order valence-electron chi connectivity index (χ3n) is 3.94. The molecule has 1 aliphatic heterocycles. The Kier molecular flexibility index (Phi) is 6.04. The second kappa shape index (κ2) is 8.44. The van der Waals surface area contributed by atoms with Crippen molar-refractivity contribution in [2.45, 2.75) is 24.1 Å². The van der Waals surface area contributed by atoms with Crippen LogP contribution in [0.3, 0.4) is 0 Å². The van der Waals surface area contributed by atoms with E-state index in [1.54, 1.807) is 28.0 Å². The second-order valence-corrected chi connectivity index (χ2v) is 8.27. The number of rotatable bonds is 7. The Balaban J connectivity index is 1.40. The summed E-state index contributed by atoms with van der Waals surface area (Å²) in [7, 11) is 0. The fourth-order valence-corrected chi connectivity index (χ4v) is 4.52. The van der Waals surface area contributed by atoms with Crippen LogP contribution in [0.25, 0.3) is 0 Å². The van der Waals surface area contributed by atoms with Gasteiger partial charge in [-0.2, -0.15) is 0 Å². The van der Waals surface area contributed by atoms with Crippen molar-refractivity contribution in [3.8, 4) is 0 Å². The lowest BCUT2D eigenvalue weighted by molar-refractivity contribution is -0.132. The fraction of sp³-hybridized carbons (Fsp3) is 0.412. The first kappa shape index (κ1) is 17.9. The molecule has 6 nitrogen and oxygen atoms in total. The van der Waals surface area contributed by atoms with E-state index in [9.17, 15) is 9.59 Å². The molecule has 1 saturated heterocycles. The Labute approximate surface area is 155 Å². The summed E-state index contributed by atoms with van der Waals surface area (Å²) in [6.45, 7) is 3.09. The lowest BCUT2D eigenvalue weighted by Crippen LogP contribution is -2.37. The predicted molar refractivity (Wildman–Crippen MR) is 99.9 cm³/mol. The minimum Gasteiger partial charge on any atom is -0.355 e. The molecule has 0 unspecified atom stereocenters. The maximum atomic E-state index is 12.5. The number of thioether (sulfide) groups is 1. The molecular formula is C17H20N4O2S2. The summed E-state index contributed by atoms with van der Waals surface area (Å²) in [5.74, 6) is 0.0187. The van der Waals surface area contributed by atoms with Crippen LogP contribution in [-0.4, -0.2) is 40.9 Å². The number of hydrogen-bond acceptors (Lipinski definition) is 6. The van der Waals surface area contributed by atoms with Gasteiger partial charge in [-0.05, 0) is 31.9 Å². The van der Waals surface area contributed by atoms with Crippen LogP contribution < -0.4 is 10.2 Å². The second-order valence-electron chi connectivity index (χ2n) is 5.75. The normalized spacial score (nSPS) is 17.1. The molecule has 0 aliphatic carbocycles. The average Bonchev–Trinajstić information content (AvgIpc) is 3.21. The number of amides is 2. The van der Waals surface area contributed by atoms with E-state index in [1.807, 2.05) is 37.3 Å². The minimum absolute atomic E-state index is 0.109. The van der Waals surface area contributed by atoms with E-state index in [0.717, 1.165) is 27.2 Å². The van der Waals surface area contributed by atoms with Gasteiger partial charge in [-0.1, -0.05) is 41.3 Å². The van der Waals surface area contributed by atoms with E-state index in [0.29, 0.717) is 19.5 Å². The number of anilines is 1. The number of hydrogen-bond donors (Lipinski definition) is 1. The molecule has 1 aliphatic rings. The summed E-state index contributed by atoms with van der Waals surface area (Å²) in [6, 6.07) is 9.49. The summed E-state index contributed by atoms with van der Waals surface area (Å²) in [5.41, 5.74) is 0.853. The first-order valence-electron chi connectivity index (χ1n) is 8.22. The zero-order valence-corrected chi connectivity index (χ0v) is 15.6. The molecule has 1 aromatic carbocycles. The van der Waals surface area contributed by atoms with Crippen molar-refractivity contribution < 1.29 is 9.59 Å². The number of benzene rings is 1. The van der Waals surface area contributed by atoms with E-state index in [2.05, 4.69) is 15.5 Å². The number of nitrogens with zero attached hydrogens (tertiary/aromatic N) is 3. The molecule has 0 spiro atoms. The maximum Gasteiger partial charge on any atom is 0.239 e. The topological polar surface area (TPSA) is 75.2 Å². The van der Waals surface area contributed by atoms with Gasteiger partial charge < -0.3 is 10.2 Å². The maximum absolute atomic E-state index is 12.5. The molecule has 1 atom stereocenters. The molecule has 1 N–H and O–H groups in total. The monoisotopic (exact) mass is 376 g/mol. The highest BCUT2D eigenvalue weighted by Crippen LogP contribution is 2.25. The van der Waals surface area contributed by atoms with Crippen molar-refractivity contribution in [3.63, 3.8) is 0 Å². The molecule has 0 saturated carbocycles. The molecule has 1 fully saturated rings. The van der Waals surface area contributed by atoms with Crippen molar-refractivity contribution in [1.29, 1.82) is 0 Å². The van der Waals surface area contributed by atoms with Gasteiger partial charge in [0.1, 0.15) is 10.9 Å². The quantitative estimate of drug-likeness (QED) is 0.456. The first-order chi connectivity index (χ1) is 12.1. The van der Waals surface area contributed by atoms with Crippen molar-refractivity contribution in [1.82, 2.24) is 15.5 Å². The highest BCUT2D eigenvalue weighted by atomic mass is 32.2. The van der Waals surface area contributed by atoms with E-state index in [4.69, 9.17) is 0 Å². The fourth-order valence-electron chi connectivity index (χ4n) is 2.69. The third kappa shape index (κ3) is 4.58. The van der Waals surface area contributed by atoms with Gasteiger partial charge in [-0.25, -0.2) is 0 Å². The van der Waals surface area contributed by atoms with Gasteiger partial charge in [0.25, 0.3) is 0 Å². The standard InChI is InChI=1S/C17H20N4O2S2/c1-12-19-20-17(25-12)24-11-5-9-18-15(22)14-8-10-21(16(14)23)13-6-3-2-4-7-13/h2-4,6-7,14H,5,8-11H2,1H3,(H,18,22)/t14-/m0/s1. The van der Waals surface area contributed by atoms with Crippen molar-refractivity contribution in [2.75, 3.05) is 23.7 Å². The van der Waals surface area contributed by atoms with Gasteiger partial charge in [0, 0.05) is 24.5 Å². The molecule has 0 radical (unpaired) electrons. The Morgan fingerprint density at radius 2 is 2.16 bits per heavy atom. The molecule has 132 valence electrons. The number of para-hydroxylation sites is 1. The van der Waals surface area contributed by atoms with Crippen LogP contribution in [0.4, 0.5) is 5.69 Å². The van der Waals surface area contributed by atoms with Crippen LogP contribution in [0.2, 0.25) is 0 Å². The number of carbonyl (C=O) groups excluding carboxylic acids is 2. The number of aromatic nitrogens is 2. The molecule has 2 heterocycles. The van der Waals surface area contributed by atoms with Gasteiger partial charge in [0.2, 0.25) is 11.8 Å². The summed E-state index contributed by atoms with van der Waals surface area (Å²) in [5, 5.41) is 11.9. The van der Waals surface area contributed by atoms with E-state index >= 15 is 0 Å². The summed E-state index contributed by atoms with van der Waals surface area (Å²) in [6.07, 6.45) is 1.40. The Morgan fingerprint density at radius 1 is 1.36 bits per heavy atom. The summed E-state index contributed by atoms with van der Waals surface area (Å²) >= 11 is 3.22. The Hall–Kier alpha value is -1.93. The van der Waals surface area contributed by atoms with Crippen LogP contribution in [0.15, 0.2) is 34.7 Å². The van der Waals surface area contributed by atoms with Crippen LogP contribution in [-0.2, 0) is 9.59 Å². The molecule has 3 rings (SSSR count). The molecule has 25 heavy (non-hydrogen) atoms. The predicted octanol–water partition coefficient (Wildman–Crippen LogP) is 2.50. The lowest BCUT2D eigenvalue weighted by Gasteiger charge is -2.16. The van der Waals surface area contributed by atoms with Crippen molar-refractivity contribution in [2.24, 2.45) is 5.92 Å². The number of carbonyl (C=O) groups is 2. The SMILES string of the molecule is Cc1nnc(SCCCNC(=O)[C@@H]2CCN(c3ccccc3)C2=O)s1. The third-order valence-corrected chi connectivity index (χ3v) is 6.00. The van der Waals surface area contributed by atoms with Crippen molar-refractivity contribution >= 4 is 40.6 Å². The summed E-state index contributed by atoms with van der Waals surface area (Å²) < 4.78 is 0.952. The van der Waals surface area contributed by atoms with Crippen LogP contribution >= 0.6 is 23.1 Å². The average molecular weight is 377 g/mol. The van der Waals surface area contributed by atoms with Gasteiger partial charge in [0.15, 0.2) is 4.34 Å². The molecular weight excluding hydrogens is 356 g/mol. The van der Waals surface area contributed by atoms with E-state index < -0.39 is 5.92 Å². The van der Waals surface area contributed by atoms with E-state index in [1.165, 1.54) is 0 Å². The Morgan fingerprint density at radius 3 is 2.88 bits per heavy atom. The van der Waals surface area contributed by atoms with Gasteiger partial charge in [-0.15, -0.1) is 10.2 Å². The summed E-state index contributed by atoms with van der Waals surface area (Å²) in [4.78, 5) is 26.4. The molecule has 1 aromatic heterocycles. The van der Waals surface area contributed by atoms with Crippen LogP contribution in [0.5, 0.6) is 0 Å². The Bertz CT molecular complexity index is 735. The molecule has 0 bridgehead atoms. The van der Waals surface area contributed by atoms with E-state index in [-0.39, 0.29) is 11.8 Å². The largest absolute Gasteiger partial charge is 0.355 e. The zero-order valence-electron chi connectivity index (χ0n) is 14.0. The van der Waals surface area contributed by atoms with Gasteiger partial charge in [0.05, 0.1) is 0 Å². The van der Waals surface area contributed by atoms with Crippen LogP contribution in [0, 0.1) is 12.8 Å². The molecule has 8 heteroatoms. The first-order valence-corrected chi connectivity index (χ1v) is 10.0. The number of aryl methyl sites for hydroxylation is 1. The number of nitrogens with one attached hydrogen (secondary N) is 1. The van der Waals surface area contributed by atoms with Crippen LogP contribution in [0.1, 0.15) is 17.8 Å². The van der Waals surface area contributed by atoms with Gasteiger partial charge in [-0.3, -0.25) is 9.59 Å². The van der Waals surface area contributed by atoms with Gasteiger partial charge >= 0.3 is 0 Å².